The first-order valence-corrected chi connectivity index (χ1v) is 11.2. The first-order valence-electron chi connectivity index (χ1n) is 11.2. The molecule has 1 nitrogen and oxygen atoms in total. The van der Waals surface area contributed by atoms with E-state index in [4.69, 9.17) is 0 Å². The highest BCUT2D eigenvalue weighted by molar-refractivity contribution is 5.52. The lowest BCUT2D eigenvalue weighted by molar-refractivity contribution is 0.625. The van der Waals surface area contributed by atoms with E-state index in [9.17, 15) is 4.39 Å². The molecule has 0 aliphatic carbocycles. The Kier molecular flexibility index (Phi) is 16.8. The summed E-state index contributed by atoms with van der Waals surface area (Å²) in [6, 6.07) is 15.4. The summed E-state index contributed by atoms with van der Waals surface area (Å²) in [7, 11) is 0. The lowest BCUT2D eigenvalue weighted by Crippen LogP contribution is -1.98. The molecule has 172 valence electrons. The fourth-order valence-corrected chi connectivity index (χ4v) is 2.49. The fraction of sp³-hybridized carbons (Fsp3) is 0.267. The van der Waals surface area contributed by atoms with Crippen LogP contribution in [0.2, 0.25) is 0 Å². The van der Waals surface area contributed by atoms with Crippen LogP contribution < -0.4 is 5.32 Å². The number of nitrogens with one attached hydrogen (secondary N) is 1. The molecule has 0 fully saturated rings. The van der Waals surface area contributed by atoms with Gasteiger partial charge in [-0.1, -0.05) is 105 Å². The number of benzene rings is 2. The van der Waals surface area contributed by atoms with Crippen LogP contribution in [0.15, 0.2) is 104 Å². The average Bonchev–Trinajstić information content (AvgIpc) is 2.79. The molecular weight excluding hydrogens is 393 g/mol. The average molecular weight is 434 g/mol. The van der Waals surface area contributed by atoms with Gasteiger partial charge < -0.3 is 5.32 Å². The van der Waals surface area contributed by atoms with Crippen LogP contribution in [0.5, 0.6) is 0 Å². The monoisotopic (exact) mass is 433 g/mol. The van der Waals surface area contributed by atoms with E-state index in [1.165, 1.54) is 23.7 Å². The molecule has 0 heterocycles. The lowest BCUT2D eigenvalue weighted by atomic mass is 9.98. The van der Waals surface area contributed by atoms with Crippen LogP contribution in [0.3, 0.4) is 0 Å². The molecule has 32 heavy (non-hydrogen) atoms. The van der Waals surface area contributed by atoms with Gasteiger partial charge in [-0.25, -0.2) is 4.39 Å². The van der Waals surface area contributed by atoms with Crippen molar-refractivity contribution in [3.8, 4) is 0 Å². The Morgan fingerprint density at radius 1 is 1.06 bits per heavy atom. The summed E-state index contributed by atoms with van der Waals surface area (Å²) in [4.78, 5) is 0. The fourth-order valence-electron chi connectivity index (χ4n) is 2.49. The van der Waals surface area contributed by atoms with Gasteiger partial charge in [0.15, 0.2) is 0 Å². The molecular formula is C30H40FN. The van der Waals surface area contributed by atoms with Crippen LogP contribution in [0.4, 0.5) is 10.1 Å². The molecule has 0 aliphatic heterocycles. The zero-order valence-corrected chi connectivity index (χ0v) is 20.4. The van der Waals surface area contributed by atoms with E-state index >= 15 is 0 Å². The SMILES string of the molecule is C=C(C)/C=C/c1ccccc1F.C=C/C=C\C=C/C.CCNc1cccc(C(C)CC)c1. The molecule has 1 unspecified atom stereocenters. The van der Waals surface area contributed by atoms with E-state index in [-0.39, 0.29) is 5.82 Å². The number of hydrogen-bond acceptors (Lipinski definition) is 1. The number of hydrogen-bond donors (Lipinski definition) is 1. The van der Waals surface area contributed by atoms with Crippen molar-refractivity contribution < 1.29 is 4.39 Å². The lowest BCUT2D eigenvalue weighted by Gasteiger charge is -2.11. The van der Waals surface area contributed by atoms with Gasteiger partial charge in [-0.15, -0.1) is 0 Å². The number of allylic oxidation sites excluding steroid dienone is 7. The Balaban J connectivity index is 0.000000473. The quantitative estimate of drug-likeness (QED) is 0.409. The summed E-state index contributed by atoms with van der Waals surface area (Å²) >= 11 is 0. The summed E-state index contributed by atoms with van der Waals surface area (Å²) in [5.74, 6) is 0.466. The third-order valence-electron chi connectivity index (χ3n) is 4.45. The van der Waals surface area contributed by atoms with Gasteiger partial charge in [0.25, 0.3) is 0 Å². The molecule has 2 rings (SSSR count). The van der Waals surface area contributed by atoms with Crippen LogP contribution in [-0.2, 0) is 0 Å². The van der Waals surface area contributed by atoms with Crippen LogP contribution in [-0.4, -0.2) is 6.54 Å². The Morgan fingerprint density at radius 3 is 2.34 bits per heavy atom. The Bertz CT molecular complexity index is 874. The third-order valence-corrected chi connectivity index (χ3v) is 4.45. The molecule has 2 heteroatoms. The third kappa shape index (κ3) is 14.0. The molecule has 1 N–H and O–H groups in total. The van der Waals surface area contributed by atoms with Crippen molar-refractivity contribution in [2.75, 3.05) is 11.9 Å². The van der Waals surface area contributed by atoms with Gasteiger partial charge >= 0.3 is 0 Å². The predicted molar refractivity (Wildman–Crippen MR) is 144 cm³/mol. The van der Waals surface area contributed by atoms with E-state index in [1.54, 1.807) is 36.4 Å². The predicted octanol–water partition coefficient (Wildman–Crippen LogP) is 9.35. The minimum absolute atomic E-state index is 0.199. The minimum Gasteiger partial charge on any atom is -0.385 e. The van der Waals surface area contributed by atoms with E-state index in [1.807, 2.05) is 38.2 Å². The largest absolute Gasteiger partial charge is 0.385 e. The van der Waals surface area contributed by atoms with Gasteiger partial charge in [0, 0.05) is 17.8 Å². The molecule has 0 aromatic heterocycles. The highest BCUT2D eigenvalue weighted by atomic mass is 19.1. The molecule has 0 saturated carbocycles. The highest BCUT2D eigenvalue weighted by Gasteiger charge is 2.02. The second-order valence-electron chi connectivity index (χ2n) is 7.31. The van der Waals surface area contributed by atoms with Crippen molar-refractivity contribution in [3.05, 3.63) is 121 Å². The zero-order chi connectivity index (χ0) is 24.2. The van der Waals surface area contributed by atoms with Crippen molar-refractivity contribution in [2.24, 2.45) is 0 Å². The van der Waals surface area contributed by atoms with E-state index in [0.717, 1.165) is 12.1 Å². The topological polar surface area (TPSA) is 12.0 Å². The summed E-state index contributed by atoms with van der Waals surface area (Å²) < 4.78 is 13.0. The van der Waals surface area contributed by atoms with Crippen molar-refractivity contribution in [2.45, 2.75) is 47.0 Å². The van der Waals surface area contributed by atoms with Gasteiger partial charge in [0.2, 0.25) is 0 Å². The molecule has 0 saturated heterocycles. The molecule has 2 aromatic carbocycles. The molecule has 0 radical (unpaired) electrons. The van der Waals surface area contributed by atoms with Crippen LogP contribution in [0, 0.1) is 5.82 Å². The zero-order valence-electron chi connectivity index (χ0n) is 20.4. The maximum atomic E-state index is 13.0. The van der Waals surface area contributed by atoms with Crippen LogP contribution in [0.25, 0.3) is 6.08 Å². The number of rotatable bonds is 8. The number of anilines is 1. The molecule has 0 amide bonds. The Hall–Kier alpha value is -3.13. The van der Waals surface area contributed by atoms with Crippen molar-refractivity contribution >= 4 is 11.8 Å². The van der Waals surface area contributed by atoms with E-state index < -0.39 is 0 Å². The van der Waals surface area contributed by atoms with Gasteiger partial charge in [-0.05, 0) is 56.9 Å². The van der Waals surface area contributed by atoms with Crippen LogP contribution >= 0.6 is 0 Å². The normalized spacial score (nSPS) is 11.4. The molecule has 2 aromatic rings. The Labute approximate surface area is 195 Å². The molecule has 0 spiro atoms. The first kappa shape index (κ1) is 28.9. The second-order valence-corrected chi connectivity index (χ2v) is 7.31. The maximum absolute atomic E-state index is 13.0. The summed E-state index contributed by atoms with van der Waals surface area (Å²) in [5, 5.41) is 3.33. The van der Waals surface area contributed by atoms with Gasteiger partial charge in [-0.2, -0.15) is 0 Å². The minimum atomic E-state index is -0.199. The Morgan fingerprint density at radius 2 is 1.78 bits per heavy atom. The van der Waals surface area contributed by atoms with Gasteiger partial charge in [0.1, 0.15) is 5.82 Å². The van der Waals surface area contributed by atoms with E-state index in [2.05, 4.69) is 63.5 Å². The summed E-state index contributed by atoms with van der Waals surface area (Å²) in [6.07, 6.45) is 14.2. The summed E-state index contributed by atoms with van der Waals surface area (Å²) in [6.45, 7) is 18.7. The van der Waals surface area contributed by atoms with Crippen LogP contribution in [0.1, 0.15) is 58.1 Å². The molecule has 1 atom stereocenters. The van der Waals surface area contributed by atoms with Crippen molar-refractivity contribution in [1.29, 1.82) is 0 Å². The van der Waals surface area contributed by atoms with Crippen molar-refractivity contribution in [1.82, 2.24) is 0 Å². The smallest absolute Gasteiger partial charge is 0.130 e. The van der Waals surface area contributed by atoms with Gasteiger partial charge in [-0.3, -0.25) is 0 Å². The van der Waals surface area contributed by atoms with Gasteiger partial charge in [0.05, 0.1) is 0 Å². The summed E-state index contributed by atoms with van der Waals surface area (Å²) in [5.41, 5.74) is 4.18. The standard InChI is InChI=1S/C12H19N.C11H11F.C7H10/c1-4-10(3)11-7-6-8-12(9-11)13-5-2;1-9(2)7-8-10-5-3-4-6-11(10)12;1-3-5-7-6-4-2/h6-10,13H,4-5H2,1-3H3;3-8H,1H2,2H3;3-7H,1H2,2H3/b;8-7+;6-4-,7-5-. The molecule has 0 bridgehead atoms. The first-order chi connectivity index (χ1) is 15.4. The van der Waals surface area contributed by atoms with E-state index in [0.29, 0.717) is 11.5 Å². The maximum Gasteiger partial charge on any atom is 0.130 e. The van der Waals surface area contributed by atoms with Crippen molar-refractivity contribution in [3.63, 3.8) is 0 Å². The highest BCUT2D eigenvalue weighted by Crippen LogP contribution is 2.21. The second kappa shape index (κ2) is 18.6. The number of halogens is 1. The molecule has 0 aliphatic rings.